The molecule has 6 nitrogen and oxygen atoms in total. The zero-order chi connectivity index (χ0) is 23.5. The van der Waals surface area contributed by atoms with Gasteiger partial charge >= 0.3 is 0 Å². The second-order valence-corrected chi connectivity index (χ2v) is 8.22. The van der Waals surface area contributed by atoms with Crippen LogP contribution >= 0.6 is 0 Å². The number of nitrogens with one attached hydrogen (secondary N) is 2. The van der Waals surface area contributed by atoms with Gasteiger partial charge in [-0.3, -0.25) is 4.79 Å². The molecule has 0 bridgehead atoms. The maximum atomic E-state index is 13.4. The van der Waals surface area contributed by atoms with Crippen LogP contribution in [0, 0.1) is 0 Å². The number of ether oxygens (including phenoxy) is 1. The number of hydrogen-bond acceptors (Lipinski definition) is 4. The van der Waals surface area contributed by atoms with Gasteiger partial charge in [0.2, 0.25) is 0 Å². The number of aliphatic hydroxyl groups is 1. The minimum absolute atomic E-state index is 0.167. The molecular weight excluding hydrogens is 426 g/mol. The SMILES string of the molecule is COc1ccc(-c2cc(C(=O)NC(CO)Cc3c[nH]c4ccccc34)c3ccccc3n2)cc1. The number of H-pyrrole nitrogens is 1. The van der Waals surface area contributed by atoms with Crippen molar-refractivity contribution in [2.45, 2.75) is 12.5 Å². The summed E-state index contributed by atoms with van der Waals surface area (Å²) in [6.45, 7) is -0.167. The van der Waals surface area contributed by atoms with Crippen LogP contribution in [0.1, 0.15) is 15.9 Å². The van der Waals surface area contributed by atoms with Crippen molar-refractivity contribution in [3.05, 3.63) is 96.2 Å². The van der Waals surface area contributed by atoms with Crippen LogP contribution < -0.4 is 10.1 Å². The van der Waals surface area contributed by atoms with Crippen molar-refractivity contribution >= 4 is 27.7 Å². The summed E-state index contributed by atoms with van der Waals surface area (Å²) in [5.41, 5.74) is 4.92. The fourth-order valence-electron chi connectivity index (χ4n) is 4.26. The van der Waals surface area contributed by atoms with Crippen LogP contribution in [0.4, 0.5) is 0 Å². The van der Waals surface area contributed by atoms with Gasteiger partial charge in [0.15, 0.2) is 0 Å². The van der Waals surface area contributed by atoms with E-state index in [-0.39, 0.29) is 12.5 Å². The topological polar surface area (TPSA) is 87.2 Å². The Morgan fingerprint density at radius 2 is 1.76 bits per heavy atom. The Morgan fingerprint density at radius 3 is 2.53 bits per heavy atom. The number of aromatic nitrogens is 2. The second-order valence-electron chi connectivity index (χ2n) is 8.22. The molecule has 0 spiro atoms. The smallest absolute Gasteiger partial charge is 0.252 e. The third kappa shape index (κ3) is 4.23. The highest BCUT2D eigenvalue weighted by Gasteiger charge is 2.19. The minimum Gasteiger partial charge on any atom is -0.497 e. The van der Waals surface area contributed by atoms with E-state index in [0.29, 0.717) is 17.7 Å². The van der Waals surface area contributed by atoms with Gasteiger partial charge in [-0.15, -0.1) is 0 Å². The molecule has 2 aromatic heterocycles. The maximum absolute atomic E-state index is 13.4. The van der Waals surface area contributed by atoms with Crippen LogP contribution in [-0.2, 0) is 6.42 Å². The molecule has 0 saturated carbocycles. The monoisotopic (exact) mass is 451 g/mol. The van der Waals surface area contributed by atoms with E-state index in [1.807, 2.05) is 79.0 Å². The molecule has 0 aliphatic heterocycles. The molecule has 2 heterocycles. The molecule has 0 saturated heterocycles. The van der Waals surface area contributed by atoms with E-state index in [2.05, 4.69) is 10.3 Å². The van der Waals surface area contributed by atoms with Gasteiger partial charge in [-0.1, -0.05) is 36.4 Å². The number of carbonyl (C=O) groups excluding carboxylic acids is 1. The molecule has 1 amide bonds. The molecule has 5 aromatic rings. The van der Waals surface area contributed by atoms with Gasteiger partial charge in [-0.25, -0.2) is 4.98 Å². The average Bonchev–Trinajstić information content (AvgIpc) is 3.30. The average molecular weight is 452 g/mol. The minimum atomic E-state index is -0.428. The fraction of sp³-hybridized carbons (Fsp3) is 0.143. The van der Waals surface area contributed by atoms with Gasteiger partial charge in [-0.05, 0) is 54.4 Å². The molecule has 1 atom stereocenters. The highest BCUT2D eigenvalue weighted by atomic mass is 16.5. The lowest BCUT2D eigenvalue weighted by atomic mass is 10.0. The Labute approximate surface area is 197 Å². The molecular formula is C28H25N3O3. The van der Waals surface area contributed by atoms with Gasteiger partial charge < -0.3 is 20.1 Å². The number of amides is 1. The van der Waals surface area contributed by atoms with E-state index in [4.69, 9.17) is 9.72 Å². The van der Waals surface area contributed by atoms with Crippen molar-refractivity contribution in [1.29, 1.82) is 0 Å². The number of aliphatic hydroxyl groups excluding tert-OH is 1. The van der Waals surface area contributed by atoms with Crippen molar-refractivity contribution in [3.63, 3.8) is 0 Å². The fourth-order valence-corrected chi connectivity index (χ4v) is 4.26. The molecule has 5 rings (SSSR count). The van der Waals surface area contributed by atoms with E-state index in [1.165, 1.54) is 0 Å². The highest BCUT2D eigenvalue weighted by molar-refractivity contribution is 6.07. The zero-order valence-corrected chi connectivity index (χ0v) is 18.8. The van der Waals surface area contributed by atoms with Crippen molar-refractivity contribution in [1.82, 2.24) is 15.3 Å². The Morgan fingerprint density at radius 1 is 1.03 bits per heavy atom. The number of fused-ring (bicyclic) bond motifs is 2. The van der Waals surface area contributed by atoms with Gasteiger partial charge in [0.25, 0.3) is 5.91 Å². The lowest BCUT2D eigenvalue weighted by Gasteiger charge is -2.17. The van der Waals surface area contributed by atoms with Crippen molar-refractivity contribution < 1.29 is 14.6 Å². The van der Waals surface area contributed by atoms with Gasteiger partial charge in [-0.2, -0.15) is 0 Å². The third-order valence-corrected chi connectivity index (χ3v) is 6.04. The quantitative estimate of drug-likeness (QED) is 0.334. The van der Waals surface area contributed by atoms with Crippen LogP contribution in [0.15, 0.2) is 85.1 Å². The summed E-state index contributed by atoms with van der Waals surface area (Å²) >= 11 is 0. The Bertz CT molecular complexity index is 1460. The van der Waals surface area contributed by atoms with E-state index in [1.54, 1.807) is 13.2 Å². The third-order valence-electron chi connectivity index (χ3n) is 6.04. The lowest BCUT2D eigenvalue weighted by Crippen LogP contribution is -2.39. The van der Waals surface area contributed by atoms with Gasteiger partial charge in [0.1, 0.15) is 5.75 Å². The van der Waals surface area contributed by atoms with E-state index in [0.717, 1.165) is 38.7 Å². The Balaban J connectivity index is 1.46. The summed E-state index contributed by atoms with van der Waals surface area (Å²) in [6.07, 6.45) is 2.45. The molecule has 1 unspecified atom stereocenters. The number of rotatable bonds is 7. The normalized spacial score (nSPS) is 12.1. The Kier molecular flexibility index (Phi) is 5.97. The molecule has 34 heavy (non-hydrogen) atoms. The number of para-hydroxylation sites is 2. The number of methoxy groups -OCH3 is 1. The summed E-state index contributed by atoms with van der Waals surface area (Å²) in [5.74, 6) is 0.512. The molecule has 3 aromatic carbocycles. The van der Waals surface area contributed by atoms with Crippen LogP contribution in [0.25, 0.3) is 33.1 Å². The van der Waals surface area contributed by atoms with E-state index in [9.17, 15) is 9.90 Å². The summed E-state index contributed by atoms with van der Waals surface area (Å²) < 4.78 is 5.25. The number of hydrogen-bond donors (Lipinski definition) is 3. The van der Waals surface area contributed by atoms with Crippen LogP contribution in [-0.4, -0.2) is 40.7 Å². The van der Waals surface area contributed by atoms with Crippen LogP contribution in [0.5, 0.6) is 5.75 Å². The number of aromatic amines is 1. The maximum Gasteiger partial charge on any atom is 0.252 e. The first-order chi connectivity index (χ1) is 16.7. The van der Waals surface area contributed by atoms with E-state index < -0.39 is 6.04 Å². The first-order valence-electron chi connectivity index (χ1n) is 11.2. The molecule has 3 N–H and O–H groups in total. The molecule has 6 heteroatoms. The summed E-state index contributed by atoms with van der Waals surface area (Å²) in [7, 11) is 1.62. The molecule has 0 aliphatic carbocycles. The number of nitrogens with zero attached hydrogens (tertiary/aromatic N) is 1. The zero-order valence-electron chi connectivity index (χ0n) is 18.8. The molecule has 170 valence electrons. The van der Waals surface area contributed by atoms with Crippen LogP contribution in [0.2, 0.25) is 0 Å². The molecule has 0 radical (unpaired) electrons. The highest BCUT2D eigenvalue weighted by Crippen LogP contribution is 2.27. The van der Waals surface area contributed by atoms with Crippen molar-refractivity contribution in [2.24, 2.45) is 0 Å². The van der Waals surface area contributed by atoms with E-state index >= 15 is 0 Å². The standard InChI is InChI=1S/C28H25N3O3/c1-34-21-12-10-18(11-13-21)27-15-24(23-7-3-5-9-26(23)31-27)28(33)30-20(17-32)14-19-16-29-25-8-4-2-6-22(19)25/h2-13,15-16,20,29,32H,14,17H2,1H3,(H,30,33). The first kappa shape index (κ1) is 21.7. The predicted molar refractivity (Wildman–Crippen MR) is 134 cm³/mol. The Hall–Kier alpha value is -4.16. The van der Waals surface area contributed by atoms with Crippen molar-refractivity contribution in [3.8, 4) is 17.0 Å². The summed E-state index contributed by atoms with van der Waals surface area (Å²) in [4.78, 5) is 21.4. The predicted octanol–water partition coefficient (Wildman–Crippen LogP) is 4.73. The largest absolute Gasteiger partial charge is 0.497 e. The number of pyridine rings is 1. The van der Waals surface area contributed by atoms with Gasteiger partial charge in [0, 0.05) is 28.0 Å². The summed E-state index contributed by atoms with van der Waals surface area (Å²) in [6, 6.07) is 24.6. The van der Waals surface area contributed by atoms with Crippen LogP contribution in [0.3, 0.4) is 0 Å². The number of benzene rings is 3. The molecule has 0 fully saturated rings. The summed E-state index contributed by atoms with van der Waals surface area (Å²) in [5, 5.41) is 14.9. The van der Waals surface area contributed by atoms with Gasteiger partial charge in [0.05, 0.1) is 36.5 Å². The lowest BCUT2D eigenvalue weighted by molar-refractivity contribution is 0.0918. The second kappa shape index (κ2) is 9.37. The number of carbonyl (C=O) groups is 1. The molecule has 0 aliphatic rings. The van der Waals surface area contributed by atoms with Crippen molar-refractivity contribution in [2.75, 3.05) is 13.7 Å². The first-order valence-corrected chi connectivity index (χ1v) is 11.2.